The third-order valence-electron chi connectivity index (χ3n) is 2.59. The molecule has 2 N–H and O–H groups in total. The molecule has 1 amide bonds. The van der Waals surface area contributed by atoms with Crippen LogP contribution in [0.4, 0.5) is 0 Å². The fourth-order valence-corrected chi connectivity index (χ4v) is 1.84. The van der Waals surface area contributed by atoms with Crippen LogP contribution in [0.15, 0.2) is 12.3 Å². The molecule has 0 bridgehead atoms. The van der Waals surface area contributed by atoms with E-state index in [1.165, 1.54) is 7.11 Å². The zero-order valence-corrected chi connectivity index (χ0v) is 9.27. The molecule has 1 aromatic heterocycles. The van der Waals surface area contributed by atoms with E-state index >= 15 is 0 Å². The topological polar surface area (TPSA) is 68.2 Å². The molecule has 0 aromatic carbocycles. The van der Waals surface area contributed by atoms with Crippen molar-refractivity contribution in [1.29, 1.82) is 0 Å². The second kappa shape index (κ2) is 5.09. The van der Waals surface area contributed by atoms with Crippen LogP contribution in [0.2, 0.25) is 0 Å². The van der Waals surface area contributed by atoms with Gasteiger partial charge in [-0.25, -0.2) is 0 Å². The summed E-state index contributed by atoms with van der Waals surface area (Å²) in [7, 11) is 1.51. The van der Waals surface area contributed by atoms with Crippen molar-refractivity contribution >= 4 is 5.91 Å². The standard InChI is InChI=1S/C10H16N4O2/c1-16-7-10(15)12-6-9-5-11-4-8-2-3-13-14(8)9/h2-3,9,11H,4-7H2,1H3,(H,12,15). The minimum Gasteiger partial charge on any atom is -0.375 e. The molecule has 0 radical (unpaired) electrons. The number of aromatic nitrogens is 2. The van der Waals surface area contributed by atoms with Gasteiger partial charge in [0.05, 0.1) is 11.7 Å². The first-order chi connectivity index (χ1) is 7.81. The summed E-state index contributed by atoms with van der Waals surface area (Å²) in [5.74, 6) is -0.0956. The van der Waals surface area contributed by atoms with Gasteiger partial charge in [0.15, 0.2) is 0 Å². The van der Waals surface area contributed by atoms with E-state index in [4.69, 9.17) is 4.74 Å². The molecule has 0 aliphatic carbocycles. The van der Waals surface area contributed by atoms with Gasteiger partial charge in [0.2, 0.25) is 5.91 Å². The SMILES string of the molecule is COCC(=O)NCC1CNCc2ccnn21. The molecule has 1 aliphatic heterocycles. The van der Waals surface area contributed by atoms with Gasteiger partial charge in [0, 0.05) is 32.9 Å². The molecule has 88 valence electrons. The number of amides is 1. The Bertz CT molecular complexity index is 363. The van der Waals surface area contributed by atoms with Crippen LogP contribution in [-0.2, 0) is 16.1 Å². The first-order valence-corrected chi connectivity index (χ1v) is 5.30. The van der Waals surface area contributed by atoms with Crippen molar-refractivity contribution in [3.63, 3.8) is 0 Å². The van der Waals surface area contributed by atoms with Gasteiger partial charge in [-0.1, -0.05) is 0 Å². The van der Waals surface area contributed by atoms with Gasteiger partial charge in [0.25, 0.3) is 0 Å². The van der Waals surface area contributed by atoms with Gasteiger partial charge in [-0.05, 0) is 6.07 Å². The summed E-state index contributed by atoms with van der Waals surface area (Å²) in [6, 6.07) is 2.16. The molecular weight excluding hydrogens is 208 g/mol. The first kappa shape index (κ1) is 11.1. The summed E-state index contributed by atoms with van der Waals surface area (Å²) in [6.45, 7) is 2.33. The van der Waals surface area contributed by atoms with Crippen molar-refractivity contribution in [2.75, 3.05) is 26.8 Å². The van der Waals surface area contributed by atoms with Crippen molar-refractivity contribution in [3.05, 3.63) is 18.0 Å². The zero-order valence-electron chi connectivity index (χ0n) is 9.27. The lowest BCUT2D eigenvalue weighted by atomic mass is 10.2. The Morgan fingerprint density at radius 3 is 3.50 bits per heavy atom. The molecule has 0 saturated heterocycles. The second-order valence-electron chi connectivity index (χ2n) is 3.79. The van der Waals surface area contributed by atoms with Crippen molar-refractivity contribution in [2.24, 2.45) is 0 Å². The summed E-state index contributed by atoms with van der Waals surface area (Å²) >= 11 is 0. The quantitative estimate of drug-likeness (QED) is 0.709. The van der Waals surface area contributed by atoms with E-state index in [9.17, 15) is 4.79 Å². The number of hydrogen-bond acceptors (Lipinski definition) is 4. The fourth-order valence-electron chi connectivity index (χ4n) is 1.84. The second-order valence-corrected chi connectivity index (χ2v) is 3.79. The Labute approximate surface area is 94.0 Å². The van der Waals surface area contributed by atoms with Crippen LogP contribution in [0.3, 0.4) is 0 Å². The number of ether oxygens (including phenoxy) is 1. The predicted molar refractivity (Wildman–Crippen MR) is 57.9 cm³/mol. The van der Waals surface area contributed by atoms with E-state index in [0.29, 0.717) is 6.54 Å². The van der Waals surface area contributed by atoms with Crippen LogP contribution < -0.4 is 10.6 Å². The van der Waals surface area contributed by atoms with Gasteiger partial charge in [-0.3, -0.25) is 9.48 Å². The molecule has 1 aliphatic rings. The molecule has 16 heavy (non-hydrogen) atoms. The predicted octanol–water partition coefficient (Wildman–Crippen LogP) is -0.710. The molecule has 2 rings (SSSR count). The smallest absolute Gasteiger partial charge is 0.246 e. The van der Waals surface area contributed by atoms with E-state index in [0.717, 1.165) is 18.8 Å². The molecule has 6 nitrogen and oxygen atoms in total. The van der Waals surface area contributed by atoms with Crippen molar-refractivity contribution < 1.29 is 9.53 Å². The van der Waals surface area contributed by atoms with Crippen LogP contribution in [0, 0.1) is 0 Å². The lowest BCUT2D eigenvalue weighted by Gasteiger charge is -2.25. The molecule has 2 heterocycles. The Morgan fingerprint density at radius 1 is 1.81 bits per heavy atom. The largest absolute Gasteiger partial charge is 0.375 e. The van der Waals surface area contributed by atoms with E-state index in [-0.39, 0.29) is 18.6 Å². The third-order valence-corrected chi connectivity index (χ3v) is 2.59. The Balaban J connectivity index is 1.90. The summed E-state index contributed by atoms with van der Waals surface area (Å²) in [5, 5.41) is 10.4. The normalized spacial score (nSPS) is 19.2. The van der Waals surface area contributed by atoms with Crippen molar-refractivity contribution in [3.8, 4) is 0 Å². The van der Waals surface area contributed by atoms with Gasteiger partial charge in [-0.2, -0.15) is 5.10 Å². The Morgan fingerprint density at radius 2 is 2.69 bits per heavy atom. The highest BCUT2D eigenvalue weighted by Gasteiger charge is 2.19. The summed E-state index contributed by atoms with van der Waals surface area (Å²) in [6.07, 6.45) is 1.78. The zero-order chi connectivity index (χ0) is 11.4. The highest BCUT2D eigenvalue weighted by molar-refractivity contribution is 5.77. The summed E-state index contributed by atoms with van der Waals surface area (Å²) in [5.41, 5.74) is 1.15. The van der Waals surface area contributed by atoms with Crippen molar-refractivity contribution in [1.82, 2.24) is 20.4 Å². The van der Waals surface area contributed by atoms with Gasteiger partial charge in [-0.15, -0.1) is 0 Å². The highest BCUT2D eigenvalue weighted by Crippen LogP contribution is 2.12. The minimum absolute atomic E-state index is 0.0956. The maximum absolute atomic E-state index is 11.2. The Kier molecular flexibility index (Phi) is 3.53. The number of carbonyl (C=O) groups is 1. The molecule has 0 spiro atoms. The van der Waals surface area contributed by atoms with Crippen LogP contribution in [0.25, 0.3) is 0 Å². The first-order valence-electron chi connectivity index (χ1n) is 5.30. The number of fused-ring (bicyclic) bond motifs is 1. The van der Waals surface area contributed by atoms with Crippen molar-refractivity contribution in [2.45, 2.75) is 12.6 Å². The number of carbonyl (C=O) groups excluding carboxylic acids is 1. The maximum atomic E-state index is 11.2. The van der Waals surface area contributed by atoms with E-state index < -0.39 is 0 Å². The lowest BCUT2D eigenvalue weighted by Crippen LogP contribution is -2.41. The monoisotopic (exact) mass is 224 g/mol. The maximum Gasteiger partial charge on any atom is 0.246 e. The third kappa shape index (κ3) is 2.40. The summed E-state index contributed by atoms with van der Waals surface area (Å²) in [4.78, 5) is 11.2. The minimum atomic E-state index is -0.0956. The summed E-state index contributed by atoms with van der Waals surface area (Å²) < 4.78 is 6.71. The van der Waals surface area contributed by atoms with Crippen LogP contribution in [-0.4, -0.2) is 42.5 Å². The van der Waals surface area contributed by atoms with Gasteiger partial charge >= 0.3 is 0 Å². The van der Waals surface area contributed by atoms with Gasteiger partial charge < -0.3 is 15.4 Å². The average molecular weight is 224 g/mol. The number of hydrogen-bond donors (Lipinski definition) is 2. The van der Waals surface area contributed by atoms with E-state index in [1.807, 2.05) is 10.7 Å². The van der Waals surface area contributed by atoms with Crippen LogP contribution >= 0.6 is 0 Å². The molecular formula is C10H16N4O2. The van der Waals surface area contributed by atoms with Gasteiger partial charge in [0.1, 0.15) is 6.61 Å². The average Bonchev–Trinajstić information content (AvgIpc) is 2.75. The molecule has 0 saturated carbocycles. The van der Waals surface area contributed by atoms with Crippen LogP contribution in [0.5, 0.6) is 0 Å². The molecule has 1 aromatic rings. The fraction of sp³-hybridized carbons (Fsp3) is 0.600. The molecule has 1 unspecified atom stereocenters. The lowest BCUT2D eigenvalue weighted by molar-refractivity contribution is -0.124. The molecule has 0 fully saturated rings. The molecule has 1 atom stereocenters. The number of methoxy groups -OCH3 is 1. The number of rotatable bonds is 4. The van der Waals surface area contributed by atoms with E-state index in [2.05, 4.69) is 15.7 Å². The van der Waals surface area contributed by atoms with Crippen LogP contribution in [0.1, 0.15) is 11.7 Å². The number of nitrogens with zero attached hydrogens (tertiary/aromatic N) is 2. The van der Waals surface area contributed by atoms with E-state index in [1.54, 1.807) is 6.20 Å². The molecule has 6 heteroatoms. The Hall–Kier alpha value is -1.40. The highest BCUT2D eigenvalue weighted by atomic mass is 16.5. The number of nitrogens with one attached hydrogen (secondary N) is 2.